The van der Waals surface area contributed by atoms with Gasteiger partial charge in [-0.05, 0) is 73.2 Å². The second kappa shape index (κ2) is 10.4. The fourth-order valence-electron chi connectivity index (χ4n) is 3.26. The van der Waals surface area contributed by atoms with Gasteiger partial charge in [-0.2, -0.15) is 0 Å². The quantitative estimate of drug-likeness (QED) is 0.232. The number of hydrogen-bond donors (Lipinski definition) is 0. The second-order valence-electron chi connectivity index (χ2n) is 7.13. The van der Waals surface area contributed by atoms with Crippen molar-refractivity contribution in [1.29, 1.82) is 0 Å². The van der Waals surface area contributed by atoms with Crippen LogP contribution in [0.15, 0.2) is 77.4 Å². The Morgan fingerprint density at radius 2 is 1.76 bits per heavy atom. The van der Waals surface area contributed by atoms with Gasteiger partial charge < -0.3 is 4.74 Å². The Labute approximate surface area is 210 Å². The fraction of sp³-hybridized carbons (Fsp3) is 0.0769. The number of rotatable bonds is 6. The molecule has 1 aromatic heterocycles. The highest BCUT2D eigenvalue weighted by molar-refractivity contribution is 9.10. The molecule has 0 N–H and O–H groups in total. The van der Waals surface area contributed by atoms with E-state index in [1.807, 2.05) is 65.4 Å². The topological polar surface area (TPSA) is 44.1 Å². The number of imidazole rings is 1. The van der Waals surface area contributed by atoms with Gasteiger partial charge in [0.05, 0.1) is 22.9 Å². The Morgan fingerprint density at radius 1 is 1.03 bits per heavy atom. The number of aromatic nitrogens is 2. The van der Waals surface area contributed by atoms with Gasteiger partial charge in [-0.1, -0.05) is 57.3 Å². The van der Waals surface area contributed by atoms with E-state index in [0.717, 1.165) is 21.3 Å². The molecule has 7 heteroatoms. The SMILES string of the molecule is CCOC(=O)c1ccc(-n2cc(-c3ccc(Cl)cc3Cl)nc2C=Cc2ccc(Br)cc2)cc1. The molecule has 0 unspecified atom stereocenters. The van der Waals surface area contributed by atoms with Crippen LogP contribution in [-0.4, -0.2) is 22.1 Å². The largest absolute Gasteiger partial charge is 0.462 e. The van der Waals surface area contributed by atoms with Crippen LogP contribution in [0.1, 0.15) is 28.7 Å². The minimum absolute atomic E-state index is 0.332. The lowest BCUT2D eigenvalue weighted by Crippen LogP contribution is -2.05. The molecule has 0 saturated heterocycles. The molecule has 0 saturated carbocycles. The van der Waals surface area contributed by atoms with E-state index in [9.17, 15) is 4.79 Å². The Bertz CT molecular complexity index is 1310. The highest BCUT2D eigenvalue weighted by Crippen LogP contribution is 2.31. The molecule has 0 atom stereocenters. The predicted octanol–water partition coefficient (Wildman–Crippen LogP) is 7.96. The monoisotopic (exact) mass is 540 g/mol. The Hall–Kier alpha value is -2.86. The number of benzene rings is 3. The third-order valence-corrected chi connectivity index (χ3v) is 5.97. The van der Waals surface area contributed by atoms with Crippen LogP contribution in [0.2, 0.25) is 10.0 Å². The van der Waals surface area contributed by atoms with Crippen molar-refractivity contribution < 1.29 is 9.53 Å². The zero-order valence-electron chi connectivity index (χ0n) is 17.6. The van der Waals surface area contributed by atoms with Gasteiger partial charge in [0.1, 0.15) is 5.82 Å². The molecule has 3 aromatic carbocycles. The molecule has 0 bridgehead atoms. The van der Waals surface area contributed by atoms with E-state index in [1.165, 1.54) is 0 Å². The molecule has 4 aromatic rings. The highest BCUT2D eigenvalue weighted by Gasteiger charge is 2.13. The molecule has 4 rings (SSSR count). The van der Waals surface area contributed by atoms with Crippen molar-refractivity contribution in [2.24, 2.45) is 0 Å². The molecule has 1 heterocycles. The average molecular weight is 542 g/mol. The summed E-state index contributed by atoms with van der Waals surface area (Å²) in [6, 6.07) is 20.5. The summed E-state index contributed by atoms with van der Waals surface area (Å²) < 4.78 is 8.05. The Kier molecular flexibility index (Phi) is 7.33. The van der Waals surface area contributed by atoms with Gasteiger partial charge in [-0.15, -0.1) is 0 Å². The van der Waals surface area contributed by atoms with E-state index in [-0.39, 0.29) is 5.97 Å². The summed E-state index contributed by atoms with van der Waals surface area (Å²) in [7, 11) is 0. The minimum Gasteiger partial charge on any atom is -0.462 e. The van der Waals surface area contributed by atoms with Crippen LogP contribution < -0.4 is 0 Å². The number of halogens is 3. The second-order valence-corrected chi connectivity index (χ2v) is 8.89. The van der Waals surface area contributed by atoms with E-state index >= 15 is 0 Å². The number of esters is 1. The van der Waals surface area contributed by atoms with Crippen molar-refractivity contribution in [3.8, 4) is 16.9 Å². The maximum Gasteiger partial charge on any atom is 0.338 e. The number of hydrogen-bond acceptors (Lipinski definition) is 3. The molecule has 33 heavy (non-hydrogen) atoms. The van der Waals surface area contributed by atoms with E-state index in [0.29, 0.717) is 33.7 Å². The Morgan fingerprint density at radius 3 is 2.42 bits per heavy atom. The van der Waals surface area contributed by atoms with Gasteiger partial charge in [0.2, 0.25) is 0 Å². The van der Waals surface area contributed by atoms with Crippen molar-refractivity contribution in [1.82, 2.24) is 9.55 Å². The van der Waals surface area contributed by atoms with Crippen molar-refractivity contribution in [2.75, 3.05) is 6.61 Å². The zero-order valence-corrected chi connectivity index (χ0v) is 20.7. The molecule has 0 aliphatic heterocycles. The summed E-state index contributed by atoms with van der Waals surface area (Å²) in [4.78, 5) is 16.8. The van der Waals surface area contributed by atoms with Crippen LogP contribution in [0.25, 0.3) is 29.1 Å². The molecule has 0 aliphatic rings. The summed E-state index contributed by atoms with van der Waals surface area (Å²) in [5.41, 5.74) is 3.87. The van der Waals surface area contributed by atoms with E-state index in [1.54, 1.807) is 31.2 Å². The van der Waals surface area contributed by atoms with Gasteiger partial charge in [0.25, 0.3) is 0 Å². The van der Waals surface area contributed by atoms with Crippen LogP contribution in [0.4, 0.5) is 0 Å². The predicted molar refractivity (Wildman–Crippen MR) is 138 cm³/mol. The standard InChI is InChI=1S/C26H19BrCl2N2O2/c1-2-33-26(32)18-6-11-21(12-7-18)31-16-24(22-13-10-20(28)15-23(22)29)30-25(31)14-5-17-3-8-19(27)9-4-17/h3-16H,2H2,1H3. The molecular formula is C26H19BrCl2N2O2. The number of carbonyl (C=O) groups is 1. The highest BCUT2D eigenvalue weighted by atomic mass is 79.9. The number of carbonyl (C=O) groups excluding carboxylic acids is 1. The smallest absolute Gasteiger partial charge is 0.338 e. The molecule has 0 aliphatic carbocycles. The van der Waals surface area contributed by atoms with E-state index in [2.05, 4.69) is 15.9 Å². The van der Waals surface area contributed by atoms with Crippen LogP contribution in [0.3, 0.4) is 0 Å². The van der Waals surface area contributed by atoms with Crippen LogP contribution in [0.5, 0.6) is 0 Å². The third-order valence-electron chi connectivity index (χ3n) is 4.89. The van der Waals surface area contributed by atoms with Gasteiger partial charge in [-0.25, -0.2) is 9.78 Å². The van der Waals surface area contributed by atoms with Gasteiger partial charge in [-0.3, -0.25) is 4.57 Å². The van der Waals surface area contributed by atoms with Crippen molar-refractivity contribution in [2.45, 2.75) is 6.92 Å². The van der Waals surface area contributed by atoms with Crippen molar-refractivity contribution >= 4 is 57.3 Å². The van der Waals surface area contributed by atoms with Crippen LogP contribution >= 0.6 is 39.1 Å². The molecule has 0 fully saturated rings. The molecule has 166 valence electrons. The maximum atomic E-state index is 12.0. The summed E-state index contributed by atoms with van der Waals surface area (Å²) in [6.07, 6.45) is 5.84. The maximum absolute atomic E-state index is 12.0. The van der Waals surface area contributed by atoms with Crippen LogP contribution in [-0.2, 0) is 4.74 Å². The zero-order chi connectivity index (χ0) is 23.4. The molecule has 0 amide bonds. The average Bonchev–Trinajstić information content (AvgIpc) is 3.23. The van der Waals surface area contributed by atoms with Gasteiger partial charge in [0, 0.05) is 26.9 Å². The van der Waals surface area contributed by atoms with Crippen molar-refractivity contribution in [3.05, 3.63) is 104 Å². The molecule has 0 spiro atoms. The first kappa shape index (κ1) is 23.3. The van der Waals surface area contributed by atoms with Gasteiger partial charge >= 0.3 is 5.97 Å². The third kappa shape index (κ3) is 5.56. The summed E-state index contributed by atoms with van der Waals surface area (Å²) in [5.74, 6) is 0.362. The van der Waals surface area contributed by atoms with E-state index < -0.39 is 0 Å². The first-order chi connectivity index (χ1) is 15.9. The molecular weight excluding hydrogens is 523 g/mol. The molecule has 0 radical (unpaired) electrons. The fourth-order valence-corrected chi connectivity index (χ4v) is 4.03. The summed E-state index contributed by atoms with van der Waals surface area (Å²) >= 11 is 16.0. The van der Waals surface area contributed by atoms with Crippen molar-refractivity contribution in [3.63, 3.8) is 0 Å². The Balaban J connectivity index is 1.76. The van der Waals surface area contributed by atoms with Crippen LogP contribution in [0, 0.1) is 0 Å². The minimum atomic E-state index is -0.348. The number of ether oxygens (including phenoxy) is 1. The lowest BCUT2D eigenvalue weighted by atomic mass is 10.1. The lowest BCUT2D eigenvalue weighted by molar-refractivity contribution is 0.0526. The first-order valence-corrected chi connectivity index (χ1v) is 11.8. The normalized spacial score (nSPS) is 11.2. The lowest BCUT2D eigenvalue weighted by Gasteiger charge is -2.07. The van der Waals surface area contributed by atoms with Gasteiger partial charge in [0.15, 0.2) is 0 Å². The van der Waals surface area contributed by atoms with E-state index in [4.69, 9.17) is 32.9 Å². The molecule has 4 nitrogen and oxygen atoms in total. The summed E-state index contributed by atoms with van der Waals surface area (Å²) in [6.45, 7) is 2.11. The summed E-state index contributed by atoms with van der Waals surface area (Å²) in [5, 5.41) is 1.08. The first-order valence-electron chi connectivity index (χ1n) is 10.2. The number of nitrogens with zero attached hydrogens (tertiary/aromatic N) is 2.